The number of nitrogens with zero attached hydrogens (tertiary/aromatic N) is 5. The second-order valence-electron chi connectivity index (χ2n) is 8.56. The van der Waals surface area contributed by atoms with E-state index < -0.39 is 0 Å². The van der Waals surface area contributed by atoms with E-state index in [1.807, 2.05) is 36.4 Å². The van der Waals surface area contributed by atoms with Crippen molar-refractivity contribution in [2.45, 2.75) is 32.9 Å². The van der Waals surface area contributed by atoms with Crippen molar-refractivity contribution in [3.05, 3.63) is 82.7 Å². The van der Waals surface area contributed by atoms with Crippen LogP contribution in [-0.2, 0) is 13.0 Å². The maximum Gasteiger partial charge on any atom is 0.270 e. The number of fused-ring (bicyclic) bond motifs is 1. The van der Waals surface area contributed by atoms with Crippen LogP contribution in [0.2, 0.25) is 0 Å². The standard InChI is InChI=1S/C25H29ClN6O/c1-18(2)23(28-25(33)21-10-6-7-12-27-21)24-30-29-22-11-13-31(14-15-32(22)24)17-20(26)16-19-8-4-3-5-9-19/h3-10,12,16,18,23H,11,13-15,17H2,1-2H3,(H,28,33)/b20-16-/t23-/m1/s1. The van der Waals surface area contributed by atoms with E-state index >= 15 is 0 Å². The number of carbonyl (C=O) groups excluding carboxylic acids is 1. The molecule has 1 atom stereocenters. The Hall–Kier alpha value is -3.03. The first-order valence-corrected chi connectivity index (χ1v) is 11.7. The highest BCUT2D eigenvalue weighted by Crippen LogP contribution is 2.23. The lowest BCUT2D eigenvalue weighted by Crippen LogP contribution is -2.35. The number of hydrogen-bond acceptors (Lipinski definition) is 5. The van der Waals surface area contributed by atoms with Crippen molar-refractivity contribution in [3.63, 3.8) is 0 Å². The van der Waals surface area contributed by atoms with Crippen LogP contribution >= 0.6 is 11.6 Å². The van der Waals surface area contributed by atoms with Gasteiger partial charge in [-0.05, 0) is 29.7 Å². The maximum atomic E-state index is 12.8. The van der Waals surface area contributed by atoms with E-state index in [9.17, 15) is 4.79 Å². The van der Waals surface area contributed by atoms with Gasteiger partial charge in [0.25, 0.3) is 5.91 Å². The molecule has 0 saturated heterocycles. The minimum absolute atomic E-state index is 0.147. The molecule has 1 aliphatic rings. The van der Waals surface area contributed by atoms with Gasteiger partial charge in [-0.1, -0.05) is 61.8 Å². The van der Waals surface area contributed by atoms with E-state index in [1.165, 1.54) is 0 Å². The van der Waals surface area contributed by atoms with Crippen molar-refractivity contribution in [2.75, 3.05) is 19.6 Å². The van der Waals surface area contributed by atoms with E-state index in [-0.39, 0.29) is 17.9 Å². The molecule has 1 N–H and O–H groups in total. The third kappa shape index (κ3) is 5.86. The summed E-state index contributed by atoms with van der Waals surface area (Å²) in [6, 6.07) is 15.2. The topological polar surface area (TPSA) is 75.9 Å². The van der Waals surface area contributed by atoms with Gasteiger partial charge in [-0.2, -0.15) is 0 Å². The van der Waals surface area contributed by atoms with Crippen LogP contribution in [0.3, 0.4) is 0 Å². The van der Waals surface area contributed by atoms with Gasteiger partial charge in [0.15, 0.2) is 5.82 Å². The Balaban J connectivity index is 1.45. The van der Waals surface area contributed by atoms with Crippen molar-refractivity contribution >= 4 is 23.6 Å². The summed E-state index contributed by atoms with van der Waals surface area (Å²) in [5.41, 5.74) is 1.49. The van der Waals surface area contributed by atoms with Crippen LogP contribution in [0.25, 0.3) is 6.08 Å². The molecule has 3 heterocycles. The molecule has 0 bridgehead atoms. The lowest BCUT2D eigenvalue weighted by molar-refractivity contribution is 0.0916. The van der Waals surface area contributed by atoms with Crippen LogP contribution in [-0.4, -0.2) is 50.2 Å². The molecule has 0 radical (unpaired) electrons. The molecule has 33 heavy (non-hydrogen) atoms. The lowest BCUT2D eigenvalue weighted by Gasteiger charge is -2.23. The highest BCUT2D eigenvalue weighted by molar-refractivity contribution is 6.31. The minimum Gasteiger partial charge on any atom is -0.340 e. The molecule has 0 fully saturated rings. The fourth-order valence-corrected chi connectivity index (χ4v) is 4.30. The van der Waals surface area contributed by atoms with E-state index in [0.717, 1.165) is 48.3 Å². The van der Waals surface area contributed by atoms with Crippen molar-refractivity contribution in [1.29, 1.82) is 0 Å². The number of nitrogens with one attached hydrogen (secondary N) is 1. The van der Waals surface area contributed by atoms with Gasteiger partial charge in [0.1, 0.15) is 11.5 Å². The molecule has 8 heteroatoms. The second-order valence-corrected chi connectivity index (χ2v) is 9.05. The molecule has 3 aromatic rings. The number of carbonyl (C=O) groups is 1. The quantitative estimate of drug-likeness (QED) is 0.573. The fraction of sp³-hybridized carbons (Fsp3) is 0.360. The summed E-state index contributed by atoms with van der Waals surface area (Å²) >= 11 is 6.56. The smallest absolute Gasteiger partial charge is 0.270 e. The average molecular weight is 465 g/mol. The SMILES string of the molecule is CC(C)[C@@H](NC(=O)c1ccccn1)c1nnc2n1CCN(C/C(Cl)=C/c1ccccc1)CC2. The number of hydrogen-bond donors (Lipinski definition) is 1. The normalized spacial score (nSPS) is 15.7. The first-order chi connectivity index (χ1) is 16.0. The Bertz CT molecular complexity index is 1100. The zero-order valence-electron chi connectivity index (χ0n) is 19.0. The predicted molar refractivity (Wildman–Crippen MR) is 130 cm³/mol. The molecule has 1 aliphatic heterocycles. The van der Waals surface area contributed by atoms with Gasteiger partial charge in [-0.15, -0.1) is 10.2 Å². The minimum atomic E-state index is -0.256. The van der Waals surface area contributed by atoms with Crippen molar-refractivity contribution < 1.29 is 4.79 Å². The van der Waals surface area contributed by atoms with E-state index in [1.54, 1.807) is 24.4 Å². The molecule has 0 unspecified atom stereocenters. The highest BCUT2D eigenvalue weighted by Gasteiger charge is 2.28. The molecule has 1 aromatic carbocycles. The fourth-order valence-electron chi connectivity index (χ4n) is 4.01. The van der Waals surface area contributed by atoms with E-state index in [2.05, 4.69) is 43.8 Å². The largest absolute Gasteiger partial charge is 0.340 e. The van der Waals surface area contributed by atoms with Crippen molar-refractivity contribution in [2.24, 2.45) is 5.92 Å². The molecule has 0 saturated carbocycles. The third-order valence-electron chi connectivity index (χ3n) is 5.77. The Labute approximate surface area is 199 Å². The third-order valence-corrected chi connectivity index (χ3v) is 6.00. The zero-order valence-corrected chi connectivity index (χ0v) is 19.7. The molecule has 4 rings (SSSR count). The number of halogens is 1. The summed E-state index contributed by atoms with van der Waals surface area (Å²) in [4.78, 5) is 19.2. The van der Waals surface area contributed by atoms with Gasteiger partial charge in [0.2, 0.25) is 0 Å². The van der Waals surface area contributed by atoms with Crippen LogP contribution in [0.1, 0.15) is 47.6 Å². The van der Waals surface area contributed by atoms with Gasteiger partial charge in [0.05, 0.1) is 6.04 Å². The summed E-state index contributed by atoms with van der Waals surface area (Å²) in [6.07, 6.45) is 4.41. The first-order valence-electron chi connectivity index (χ1n) is 11.3. The zero-order chi connectivity index (χ0) is 23.2. The lowest BCUT2D eigenvalue weighted by atomic mass is 10.0. The number of amides is 1. The number of benzene rings is 1. The molecule has 2 aromatic heterocycles. The molecule has 172 valence electrons. The van der Waals surface area contributed by atoms with Crippen LogP contribution in [0, 0.1) is 5.92 Å². The highest BCUT2D eigenvalue weighted by atomic mass is 35.5. The van der Waals surface area contributed by atoms with E-state index in [4.69, 9.17) is 11.6 Å². The summed E-state index contributed by atoms with van der Waals surface area (Å²) in [6.45, 7) is 7.26. The van der Waals surface area contributed by atoms with Gasteiger partial charge in [-0.3, -0.25) is 14.7 Å². The van der Waals surface area contributed by atoms with Crippen LogP contribution in [0.15, 0.2) is 59.8 Å². The molecule has 7 nitrogen and oxygen atoms in total. The Morgan fingerprint density at radius 3 is 2.61 bits per heavy atom. The van der Waals surface area contributed by atoms with Gasteiger partial charge in [-0.25, -0.2) is 0 Å². The molecule has 1 amide bonds. The Morgan fingerprint density at radius 1 is 1.09 bits per heavy atom. The van der Waals surface area contributed by atoms with Crippen molar-refractivity contribution in [3.8, 4) is 0 Å². The second kappa shape index (κ2) is 10.7. The summed E-state index contributed by atoms with van der Waals surface area (Å²) in [5, 5.41) is 12.8. The number of pyridine rings is 1. The summed E-state index contributed by atoms with van der Waals surface area (Å²) in [7, 11) is 0. The predicted octanol–water partition coefficient (Wildman–Crippen LogP) is 3.94. The van der Waals surface area contributed by atoms with Gasteiger partial charge >= 0.3 is 0 Å². The van der Waals surface area contributed by atoms with Crippen molar-refractivity contribution in [1.82, 2.24) is 30.0 Å². The first kappa shape index (κ1) is 23.1. The molecule has 0 aliphatic carbocycles. The maximum absolute atomic E-state index is 12.8. The summed E-state index contributed by atoms with van der Waals surface area (Å²) in [5.74, 6) is 1.67. The molecular formula is C25H29ClN6O. The Morgan fingerprint density at radius 2 is 1.88 bits per heavy atom. The van der Waals surface area contributed by atoms with Crippen LogP contribution in [0.4, 0.5) is 0 Å². The summed E-state index contributed by atoms with van der Waals surface area (Å²) < 4.78 is 2.15. The monoisotopic (exact) mass is 464 g/mol. The molecular weight excluding hydrogens is 436 g/mol. The van der Waals surface area contributed by atoms with Crippen LogP contribution < -0.4 is 5.32 Å². The average Bonchev–Trinajstić information content (AvgIpc) is 3.11. The van der Waals surface area contributed by atoms with Crippen LogP contribution in [0.5, 0.6) is 0 Å². The van der Waals surface area contributed by atoms with E-state index in [0.29, 0.717) is 12.2 Å². The number of aromatic nitrogens is 4. The Kier molecular flexibility index (Phi) is 7.52. The molecule has 0 spiro atoms. The number of rotatable bonds is 7. The van der Waals surface area contributed by atoms with Gasteiger partial charge in [0, 0.05) is 43.8 Å². The van der Waals surface area contributed by atoms with Gasteiger partial charge < -0.3 is 9.88 Å².